The van der Waals surface area contributed by atoms with Crippen LogP contribution >= 0.6 is 0 Å². The topological polar surface area (TPSA) is 23.8 Å². The Kier molecular flexibility index (Phi) is 10.1. The Balaban J connectivity index is 2.84. The van der Waals surface area contributed by atoms with Crippen molar-refractivity contribution in [3.8, 4) is 11.8 Å². The minimum Gasteiger partial charge on any atom is -0.258 e. The molecule has 1 nitrogen and oxygen atoms in total. The summed E-state index contributed by atoms with van der Waals surface area (Å²) in [6.07, 6.45) is 8.57. The van der Waals surface area contributed by atoms with Crippen LogP contribution in [0.3, 0.4) is 0 Å². The van der Waals surface area contributed by atoms with Crippen molar-refractivity contribution in [3.05, 3.63) is 0 Å². The second-order valence-corrected chi connectivity index (χ2v) is 3.05. The van der Waals surface area contributed by atoms with Crippen LogP contribution in [-0.4, -0.2) is 6.54 Å². The number of hydrogen-bond donors (Lipinski definition) is 0. The van der Waals surface area contributed by atoms with Gasteiger partial charge in [0.05, 0.1) is 0 Å². The molecule has 1 N–H and O–H groups in total. The lowest BCUT2D eigenvalue weighted by molar-refractivity contribution is 0.600. The standard InChI is InChI=1S/C11H20N/c1-2-3-4-5-6-7-8-9-10-11-12/h12H,4-11H2,1H3. The molecule has 0 amide bonds. The summed E-state index contributed by atoms with van der Waals surface area (Å²) >= 11 is 0. The van der Waals surface area contributed by atoms with E-state index in [-0.39, 0.29) is 0 Å². The zero-order chi connectivity index (χ0) is 9.07. The highest BCUT2D eigenvalue weighted by atomic mass is 14.5. The van der Waals surface area contributed by atoms with Crippen molar-refractivity contribution in [2.45, 2.75) is 51.9 Å². The molecule has 0 bridgehead atoms. The predicted molar refractivity (Wildman–Crippen MR) is 53.7 cm³/mol. The molecule has 0 saturated carbocycles. The molecule has 0 aliphatic carbocycles. The molecule has 0 aromatic carbocycles. The highest BCUT2D eigenvalue weighted by Crippen LogP contribution is 2.05. The second kappa shape index (κ2) is 10.5. The molecule has 0 aliphatic rings. The van der Waals surface area contributed by atoms with Crippen LogP contribution in [0.5, 0.6) is 0 Å². The molecule has 0 aromatic rings. The molecule has 0 saturated heterocycles. The summed E-state index contributed by atoms with van der Waals surface area (Å²) in [7, 11) is 0. The minimum absolute atomic E-state index is 0.599. The SMILES string of the molecule is CC#CCCCCCCCC[NH]. The molecule has 0 rings (SSSR count). The van der Waals surface area contributed by atoms with E-state index >= 15 is 0 Å². The first-order valence-corrected chi connectivity index (χ1v) is 4.96. The quantitative estimate of drug-likeness (QED) is 0.410. The third-order valence-electron chi connectivity index (χ3n) is 1.91. The van der Waals surface area contributed by atoms with Gasteiger partial charge in [0.15, 0.2) is 0 Å². The maximum absolute atomic E-state index is 6.96. The Labute approximate surface area is 76.7 Å². The summed E-state index contributed by atoms with van der Waals surface area (Å²) < 4.78 is 0. The molecule has 12 heavy (non-hydrogen) atoms. The molecule has 1 heteroatoms. The number of rotatable bonds is 7. The molecule has 0 aromatic heterocycles. The van der Waals surface area contributed by atoms with Gasteiger partial charge in [0.2, 0.25) is 0 Å². The van der Waals surface area contributed by atoms with Crippen molar-refractivity contribution >= 4 is 0 Å². The van der Waals surface area contributed by atoms with E-state index in [1.165, 1.54) is 32.1 Å². The second-order valence-electron chi connectivity index (χ2n) is 3.05. The largest absolute Gasteiger partial charge is 0.258 e. The van der Waals surface area contributed by atoms with Gasteiger partial charge in [-0.2, -0.15) is 0 Å². The van der Waals surface area contributed by atoms with E-state index in [9.17, 15) is 0 Å². The van der Waals surface area contributed by atoms with Crippen LogP contribution in [-0.2, 0) is 0 Å². The van der Waals surface area contributed by atoms with Gasteiger partial charge < -0.3 is 0 Å². The summed E-state index contributed by atoms with van der Waals surface area (Å²) in [5.41, 5.74) is 6.96. The van der Waals surface area contributed by atoms with Crippen molar-refractivity contribution in [2.24, 2.45) is 0 Å². The third-order valence-corrected chi connectivity index (χ3v) is 1.91. The fraction of sp³-hybridized carbons (Fsp3) is 0.818. The maximum Gasteiger partial charge on any atom is 0.00997 e. The van der Waals surface area contributed by atoms with E-state index in [2.05, 4.69) is 11.8 Å². The summed E-state index contributed by atoms with van der Waals surface area (Å²) in [4.78, 5) is 0. The van der Waals surface area contributed by atoms with Crippen molar-refractivity contribution in [1.82, 2.24) is 5.73 Å². The van der Waals surface area contributed by atoms with Gasteiger partial charge in [-0.15, -0.1) is 11.8 Å². The van der Waals surface area contributed by atoms with Crippen molar-refractivity contribution in [1.29, 1.82) is 0 Å². The number of nitrogens with one attached hydrogen (secondary N) is 1. The lowest BCUT2D eigenvalue weighted by Gasteiger charge is -1.97. The highest BCUT2D eigenvalue weighted by molar-refractivity contribution is 4.94. The molecule has 0 heterocycles. The van der Waals surface area contributed by atoms with E-state index in [0.717, 1.165) is 12.8 Å². The Morgan fingerprint density at radius 2 is 1.50 bits per heavy atom. The molecule has 69 valence electrons. The van der Waals surface area contributed by atoms with Crippen molar-refractivity contribution in [3.63, 3.8) is 0 Å². The van der Waals surface area contributed by atoms with E-state index in [0.29, 0.717) is 6.54 Å². The number of unbranched alkanes of at least 4 members (excludes halogenated alkanes) is 6. The van der Waals surface area contributed by atoms with Crippen LogP contribution in [0.1, 0.15) is 51.9 Å². The molecule has 0 unspecified atom stereocenters. The highest BCUT2D eigenvalue weighted by Gasteiger charge is 1.88. The first-order valence-electron chi connectivity index (χ1n) is 4.96. The summed E-state index contributed by atoms with van der Waals surface area (Å²) in [5.74, 6) is 5.97. The van der Waals surface area contributed by atoms with Crippen LogP contribution in [0.4, 0.5) is 0 Å². The van der Waals surface area contributed by atoms with E-state index < -0.39 is 0 Å². The van der Waals surface area contributed by atoms with Crippen LogP contribution in [0, 0.1) is 11.8 Å². The molecule has 0 aliphatic heterocycles. The lowest BCUT2D eigenvalue weighted by Crippen LogP contribution is -1.85. The normalized spacial score (nSPS) is 9.17. The molecule has 1 radical (unpaired) electrons. The Morgan fingerprint density at radius 1 is 0.917 bits per heavy atom. The number of hydrogen-bond acceptors (Lipinski definition) is 0. The first-order chi connectivity index (χ1) is 5.91. The van der Waals surface area contributed by atoms with Gasteiger partial charge in [0.25, 0.3) is 0 Å². The van der Waals surface area contributed by atoms with Crippen LogP contribution in [0.25, 0.3) is 0 Å². The van der Waals surface area contributed by atoms with Crippen LogP contribution in [0.15, 0.2) is 0 Å². The Bertz CT molecular complexity index is 130. The fourth-order valence-corrected chi connectivity index (χ4v) is 1.17. The van der Waals surface area contributed by atoms with Gasteiger partial charge in [-0.1, -0.05) is 25.7 Å². The van der Waals surface area contributed by atoms with E-state index in [1.807, 2.05) is 6.92 Å². The van der Waals surface area contributed by atoms with Crippen molar-refractivity contribution < 1.29 is 0 Å². The summed E-state index contributed by atoms with van der Waals surface area (Å²) in [6, 6.07) is 0. The molecular formula is C11H20N. The average molecular weight is 166 g/mol. The molecule has 0 fully saturated rings. The van der Waals surface area contributed by atoms with Crippen LogP contribution < -0.4 is 5.73 Å². The smallest absolute Gasteiger partial charge is 0.00997 e. The van der Waals surface area contributed by atoms with Gasteiger partial charge in [-0.3, -0.25) is 5.73 Å². The minimum atomic E-state index is 0.599. The maximum atomic E-state index is 6.96. The van der Waals surface area contributed by atoms with Gasteiger partial charge >= 0.3 is 0 Å². The van der Waals surface area contributed by atoms with Crippen LogP contribution in [0.2, 0.25) is 0 Å². The first kappa shape index (κ1) is 11.5. The molecular weight excluding hydrogens is 146 g/mol. The van der Waals surface area contributed by atoms with Gasteiger partial charge in [-0.05, 0) is 19.8 Å². The Morgan fingerprint density at radius 3 is 2.08 bits per heavy atom. The predicted octanol–water partition coefficient (Wildman–Crippen LogP) is 3.02. The summed E-state index contributed by atoms with van der Waals surface area (Å²) in [5, 5.41) is 0. The third kappa shape index (κ3) is 9.52. The van der Waals surface area contributed by atoms with Gasteiger partial charge in [-0.25, -0.2) is 0 Å². The molecule has 0 spiro atoms. The van der Waals surface area contributed by atoms with Gasteiger partial charge in [0.1, 0.15) is 0 Å². The average Bonchev–Trinajstić information content (AvgIpc) is 2.10. The fourth-order valence-electron chi connectivity index (χ4n) is 1.17. The summed E-state index contributed by atoms with van der Waals surface area (Å²) in [6.45, 7) is 2.50. The zero-order valence-corrected chi connectivity index (χ0v) is 8.16. The zero-order valence-electron chi connectivity index (χ0n) is 8.16. The van der Waals surface area contributed by atoms with Crippen molar-refractivity contribution in [2.75, 3.05) is 6.54 Å². The molecule has 0 atom stereocenters. The van der Waals surface area contributed by atoms with E-state index in [1.54, 1.807) is 0 Å². The monoisotopic (exact) mass is 166 g/mol. The van der Waals surface area contributed by atoms with Gasteiger partial charge in [0, 0.05) is 13.0 Å². The van der Waals surface area contributed by atoms with E-state index in [4.69, 9.17) is 5.73 Å². The Hall–Kier alpha value is -0.480. The lowest BCUT2D eigenvalue weighted by atomic mass is 10.1.